The van der Waals surface area contributed by atoms with Gasteiger partial charge in [-0.25, -0.2) is 9.97 Å². The standard InChI is InChI=1S/C11H7BrCl2N2O/c1-17-8-9(13)15-11(16-10(8)14)6-3-2-4-7(12)5-6/h2-5H,1H3. The molecule has 0 unspecified atom stereocenters. The predicted molar refractivity (Wildman–Crippen MR) is 71.7 cm³/mol. The van der Waals surface area contributed by atoms with Gasteiger partial charge in [-0.2, -0.15) is 0 Å². The van der Waals surface area contributed by atoms with Crippen LogP contribution in [0.15, 0.2) is 28.7 Å². The zero-order valence-corrected chi connectivity index (χ0v) is 11.8. The Labute approximate surface area is 117 Å². The normalized spacial score (nSPS) is 10.4. The van der Waals surface area contributed by atoms with E-state index in [0.717, 1.165) is 10.0 Å². The Morgan fingerprint density at radius 3 is 2.35 bits per heavy atom. The van der Waals surface area contributed by atoms with Crippen molar-refractivity contribution in [2.24, 2.45) is 0 Å². The molecule has 88 valence electrons. The first kappa shape index (κ1) is 12.6. The molecule has 0 aliphatic heterocycles. The summed E-state index contributed by atoms with van der Waals surface area (Å²) in [6.07, 6.45) is 0. The van der Waals surface area contributed by atoms with E-state index in [1.54, 1.807) is 0 Å². The van der Waals surface area contributed by atoms with E-state index < -0.39 is 0 Å². The first-order valence-electron chi connectivity index (χ1n) is 4.65. The number of benzene rings is 1. The van der Waals surface area contributed by atoms with Gasteiger partial charge < -0.3 is 4.74 Å². The molecule has 3 nitrogen and oxygen atoms in total. The highest BCUT2D eigenvalue weighted by Crippen LogP contribution is 2.32. The Morgan fingerprint density at radius 1 is 1.18 bits per heavy atom. The Morgan fingerprint density at radius 2 is 1.82 bits per heavy atom. The Kier molecular flexibility index (Phi) is 3.86. The summed E-state index contributed by atoms with van der Waals surface area (Å²) in [6, 6.07) is 7.55. The van der Waals surface area contributed by atoms with E-state index in [0.29, 0.717) is 5.82 Å². The van der Waals surface area contributed by atoms with Crippen molar-refractivity contribution < 1.29 is 4.74 Å². The van der Waals surface area contributed by atoms with Crippen molar-refractivity contribution in [1.82, 2.24) is 9.97 Å². The van der Waals surface area contributed by atoms with Crippen LogP contribution in [0.3, 0.4) is 0 Å². The lowest BCUT2D eigenvalue weighted by atomic mass is 10.2. The Bertz CT molecular complexity index is 540. The van der Waals surface area contributed by atoms with Gasteiger partial charge in [0.1, 0.15) is 0 Å². The summed E-state index contributed by atoms with van der Waals surface area (Å²) in [4.78, 5) is 8.28. The van der Waals surface area contributed by atoms with Crippen LogP contribution < -0.4 is 4.74 Å². The molecule has 2 rings (SSSR count). The lowest BCUT2D eigenvalue weighted by Gasteiger charge is -2.07. The zero-order chi connectivity index (χ0) is 12.4. The quantitative estimate of drug-likeness (QED) is 0.772. The molecule has 0 fully saturated rings. The van der Waals surface area contributed by atoms with Gasteiger partial charge in [-0.3, -0.25) is 0 Å². The fourth-order valence-corrected chi connectivity index (χ4v) is 2.26. The molecule has 0 bridgehead atoms. The van der Waals surface area contributed by atoms with E-state index in [-0.39, 0.29) is 16.1 Å². The molecule has 2 aromatic rings. The van der Waals surface area contributed by atoms with Crippen molar-refractivity contribution in [3.63, 3.8) is 0 Å². The molecule has 0 N–H and O–H groups in total. The number of nitrogens with zero attached hydrogens (tertiary/aromatic N) is 2. The summed E-state index contributed by atoms with van der Waals surface area (Å²) >= 11 is 15.3. The van der Waals surface area contributed by atoms with E-state index in [1.807, 2.05) is 24.3 Å². The molecular weight excluding hydrogens is 327 g/mol. The van der Waals surface area contributed by atoms with Crippen LogP contribution in [0.2, 0.25) is 10.3 Å². The molecule has 0 aliphatic carbocycles. The summed E-state index contributed by atoms with van der Waals surface area (Å²) < 4.78 is 5.92. The molecule has 0 spiro atoms. The van der Waals surface area contributed by atoms with Gasteiger partial charge in [0.15, 0.2) is 21.9 Å². The number of rotatable bonds is 2. The van der Waals surface area contributed by atoms with Gasteiger partial charge >= 0.3 is 0 Å². The monoisotopic (exact) mass is 332 g/mol. The van der Waals surface area contributed by atoms with Gasteiger partial charge in [-0.15, -0.1) is 0 Å². The highest BCUT2D eigenvalue weighted by molar-refractivity contribution is 9.10. The topological polar surface area (TPSA) is 35.0 Å². The number of halogens is 3. The second kappa shape index (κ2) is 5.21. The summed E-state index contributed by atoms with van der Waals surface area (Å²) in [5, 5.41) is 0.393. The van der Waals surface area contributed by atoms with Gasteiger partial charge in [0, 0.05) is 10.0 Å². The van der Waals surface area contributed by atoms with Gasteiger partial charge in [-0.1, -0.05) is 51.3 Å². The fourth-order valence-electron chi connectivity index (χ4n) is 1.32. The third-order valence-electron chi connectivity index (χ3n) is 2.07. The maximum Gasteiger partial charge on any atom is 0.193 e. The molecule has 1 heterocycles. The lowest BCUT2D eigenvalue weighted by Crippen LogP contribution is -1.95. The number of hydrogen-bond acceptors (Lipinski definition) is 3. The van der Waals surface area contributed by atoms with Crippen molar-refractivity contribution in [3.8, 4) is 17.1 Å². The molecule has 6 heteroatoms. The van der Waals surface area contributed by atoms with E-state index >= 15 is 0 Å². The van der Waals surface area contributed by atoms with Crippen LogP contribution in [0.25, 0.3) is 11.4 Å². The van der Waals surface area contributed by atoms with Crippen LogP contribution in [0.4, 0.5) is 0 Å². The average molecular weight is 334 g/mol. The number of aromatic nitrogens is 2. The molecule has 0 saturated heterocycles. The molecule has 0 amide bonds. The van der Waals surface area contributed by atoms with Gasteiger partial charge in [-0.05, 0) is 12.1 Å². The SMILES string of the molecule is COc1c(Cl)nc(-c2cccc(Br)c2)nc1Cl. The van der Waals surface area contributed by atoms with Crippen molar-refractivity contribution in [2.45, 2.75) is 0 Å². The zero-order valence-electron chi connectivity index (χ0n) is 8.75. The minimum absolute atomic E-state index is 0.197. The van der Waals surface area contributed by atoms with E-state index in [1.165, 1.54) is 7.11 Å². The number of ether oxygens (including phenoxy) is 1. The third kappa shape index (κ3) is 2.70. The van der Waals surface area contributed by atoms with E-state index in [9.17, 15) is 0 Å². The van der Waals surface area contributed by atoms with Gasteiger partial charge in [0.05, 0.1) is 7.11 Å². The summed E-state index contributed by atoms with van der Waals surface area (Å²) in [7, 11) is 1.47. The van der Waals surface area contributed by atoms with Crippen LogP contribution in [-0.2, 0) is 0 Å². The molecule has 0 atom stereocenters. The van der Waals surface area contributed by atoms with Crippen molar-refractivity contribution >= 4 is 39.1 Å². The fraction of sp³-hybridized carbons (Fsp3) is 0.0909. The Hall–Kier alpha value is -0.840. The maximum atomic E-state index is 5.95. The summed E-state index contributed by atoms with van der Waals surface area (Å²) in [6.45, 7) is 0. The molecule has 0 aliphatic rings. The van der Waals surface area contributed by atoms with Crippen molar-refractivity contribution in [3.05, 3.63) is 39.0 Å². The predicted octanol–water partition coefficient (Wildman–Crippen LogP) is 4.22. The average Bonchev–Trinajstić information content (AvgIpc) is 2.28. The maximum absolute atomic E-state index is 5.95. The highest BCUT2D eigenvalue weighted by atomic mass is 79.9. The number of methoxy groups -OCH3 is 1. The summed E-state index contributed by atoms with van der Waals surface area (Å²) in [5.74, 6) is 0.745. The third-order valence-corrected chi connectivity index (χ3v) is 3.08. The molecular formula is C11H7BrCl2N2O. The van der Waals surface area contributed by atoms with Crippen molar-refractivity contribution in [2.75, 3.05) is 7.11 Å². The largest absolute Gasteiger partial charge is 0.491 e. The van der Waals surface area contributed by atoms with Gasteiger partial charge in [0.25, 0.3) is 0 Å². The first-order chi connectivity index (χ1) is 8.11. The van der Waals surface area contributed by atoms with Gasteiger partial charge in [0.2, 0.25) is 0 Å². The second-order valence-electron chi connectivity index (χ2n) is 3.17. The van der Waals surface area contributed by atoms with E-state index in [4.69, 9.17) is 27.9 Å². The highest BCUT2D eigenvalue weighted by Gasteiger charge is 2.13. The van der Waals surface area contributed by atoms with Crippen LogP contribution in [0.5, 0.6) is 5.75 Å². The molecule has 1 aromatic heterocycles. The lowest BCUT2D eigenvalue weighted by molar-refractivity contribution is 0.411. The smallest absolute Gasteiger partial charge is 0.193 e. The number of hydrogen-bond donors (Lipinski definition) is 0. The van der Waals surface area contributed by atoms with Crippen LogP contribution in [0.1, 0.15) is 0 Å². The van der Waals surface area contributed by atoms with Crippen molar-refractivity contribution in [1.29, 1.82) is 0 Å². The minimum Gasteiger partial charge on any atom is -0.491 e. The second-order valence-corrected chi connectivity index (χ2v) is 4.80. The molecule has 17 heavy (non-hydrogen) atoms. The minimum atomic E-state index is 0.197. The molecule has 1 aromatic carbocycles. The Balaban J connectivity index is 2.54. The van der Waals surface area contributed by atoms with E-state index in [2.05, 4.69) is 25.9 Å². The first-order valence-corrected chi connectivity index (χ1v) is 6.19. The molecule has 0 radical (unpaired) electrons. The van der Waals surface area contributed by atoms with Crippen LogP contribution in [0, 0.1) is 0 Å². The molecule has 0 saturated carbocycles. The summed E-state index contributed by atoms with van der Waals surface area (Å²) in [5.41, 5.74) is 0.825. The van der Waals surface area contributed by atoms with Crippen LogP contribution >= 0.6 is 39.1 Å². The van der Waals surface area contributed by atoms with Crippen LogP contribution in [-0.4, -0.2) is 17.1 Å².